The van der Waals surface area contributed by atoms with Crippen molar-refractivity contribution in [3.8, 4) is 0 Å². The Hall–Kier alpha value is -1.54. The highest BCUT2D eigenvalue weighted by molar-refractivity contribution is 7.45. The summed E-state index contributed by atoms with van der Waals surface area (Å²) in [5, 5.41) is 13.8. The number of amides is 1. The number of aliphatic hydroxyl groups excluding tert-OH is 1. The molecule has 0 aliphatic rings. The summed E-state index contributed by atoms with van der Waals surface area (Å²) in [7, 11) is 1.25. The molecule has 0 aromatic rings. The molecule has 358 valence electrons. The van der Waals surface area contributed by atoms with Crippen LogP contribution in [0.2, 0.25) is 0 Å². The number of unbranched alkanes of at least 4 members (excludes halogenated alkanes) is 27. The average molecular weight is 879 g/mol. The van der Waals surface area contributed by atoms with Crippen LogP contribution in [0.15, 0.2) is 48.6 Å². The van der Waals surface area contributed by atoms with Crippen molar-refractivity contribution in [2.75, 3.05) is 40.9 Å². The van der Waals surface area contributed by atoms with Gasteiger partial charge < -0.3 is 28.8 Å². The fourth-order valence-corrected chi connectivity index (χ4v) is 7.94. The van der Waals surface area contributed by atoms with Crippen LogP contribution in [0.5, 0.6) is 0 Å². The highest BCUT2D eigenvalue weighted by atomic mass is 31.2. The van der Waals surface area contributed by atoms with Crippen molar-refractivity contribution in [1.82, 2.24) is 5.32 Å². The Morgan fingerprint density at radius 2 is 0.951 bits per heavy atom. The molecule has 0 aromatic heterocycles. The number of phosphoric acid groups is 1. The summed E-state index contributed by atoms with van der Waals surface area (Å²) in [5.41, 5.74) is 0. The van der Waals surface area contributed by atoms with Gasteiger partial charge in [0.15, 0.2) is 0 Å². The summed E-state index contributed by atoms with van der Waals surface area (Å²) in [4.78, 5) is 25.4. The fourth-order valence-electron chi connectivity index (χ4n) is 7.22. The van der Waals surface area contributed by atoms with Crippen LogP contribution in [0.3, 0.4) is 0 Å². The Morgan fingerprint density at radius 3 is 1.41 bits per heavy atom. The minimum atomic E-state index is -4.60. The van der Waals surface area contributed by atoms with E-state index in [0.29, 0.717) is 17.4 Å². The summed E-state index contributed by atoms with van der Waals surface area (Å²) in [6.07, 6.45) is 55.9. The van der Waals surface area contributed by atoms with Gasteiger partial charge in [-0.2, -0.15) is 0 Å². The molecule has 1 amide bonds. The van der Waals surface area contributed by atoms with Crippen molar-refractivity contribution in [3.05, 3.63) is 48.6 Å². The largest absolute Gasteiger partial charge is 0.756 e. The van der Waals surface area contributed by atoms with Crippen molar-refractivity contribution in [2.45, 2.75) is 238 Å². The molecule has 2 N–H and O–H groups in total. The Bertz CT molecular complexity index is 1130. The third-order valence-electron chi connectivity index (χ3n) is 11.3. The number of nitrogens with one attached hydrogen (secondary N) is 1. The van der Waals surface area contributed by atoms with Crippen molar-refractivity contribution in [3.63, 3.8) is 0 Å². The molecule has 0 fully saturated rings. The lowest BCUT2D eigenvalue weighted by molar-refractivity contribution is -0.870. The van der Waals surface area contributed by atoms with Crippen LogP contribution in [0, 0.1) is 0 Å². The van der Waals surface area contributed by atoms with Crippen molar-refractivity contribution in [2.24, 2.45) is 0 Å². The summed E-state index contributed by atoms with van der Waals surface area (Å²) in [6, 6.07) is -0.894. The van der Waals surface area contributed by atoms with Gasteiger partial charge >= 0.3 is 0 Å². The van der Waals surface area contributed by atoms with Gasteiger partial charge in [-0.25, -0.2) is 0 Å². The summed E-state index contributed by atoms with van der Waals surface area (Å²) < 4.78 is 23.3. The number of quaternary nitrogens is 1. The molecule has 0 aliphatic carbocycles. The van der Waals surface area contributed by atoms with E-state index in [0.717, 1.165) is 64.2 Å². The van der Waals surface area contributed by atoms with Crippen molar-refractivity contribution in [1.29, 1.82) is 0 Å². The number of hydrogen-bond acceptors (Lipinski definition) is 6. The maximum absolute atomic E-state index is 12.9. The molecule has 61 heavy (non-hydrogen) atoms. The molecule has 0 saturated carbocycles. The zero-order valence-electron chi connectivity index (χ0n) is 40.6. The standard InChI is InChI=1S/C52H99N2O6P/c1-6-8-10-12-14-16-18-20-22-24-26-28-29-31-33-35-37-39-41-43-45-51(55)50(49-60-61(57,58)59-48-47-54(3,4)5)53-52(56)46-44-42-40-38-36-34-32-30-27-25-23-21-19-17-15-13-11-9-7-2/h15,17,21,23,27,30,43,45,50-51,55H,6-14,16,18-20,22,24-26,28-29,31-42,44,46-49H2,1-5H3,(H-,53,56,57,58)/b17-15-,23-21-,30-27-,45-43+. The number of rotatable bonds is 46. The van der Waals surface area contributed by atoms with E-state index < -0.39 is 20.0 Å². The van der Waals surface area contributed by atoms with E-state index in [1.807, 2.05) is 27.2 Å². The highest BCUT2D eigenvalue weighted by Gasteiger charge is 2.23. The molecule has 0 rings (SSSR count). The van der Waals surface area contributed by atoms with E-state index >= 15 is 0 Å². The van der Waals surface area contributed by atoms with E-state index in [9.17, 15) is 19.4 Å². The van der Waals surface area contributed by atoms with Gasteiger partial charge in [0.05, 0.1) is 39.9 Å². The smallest absolute Gasteiger partial charge is 0.268 e. The lowest BCUT2D eigenvalue weighted by Gasteiger charge is -2.29. The van der Waals surface area contributed by atoms with Crippen LogP contribution in [0.4, 0.5) is 0 Å². The van der Waals surface area contributed by atoms with Crippen LogP contribution >= 0.6 is 7.82 Å². The average Bonchev–Trinajstić information content (AvgIpc) is 3.21. The molecule has 3 atom stereocenters. The number of carbonyl (C=O) groups excluding carboxylic acids is 1. The number of hydrogen-bond donors (Lipinski definition) is 2. The zero-order chi connectivity index (χ0) is 45.0. The Balaban J connectivity index is 4.36. The Labute approximate surface area is 378 Å². The predicted molar refractivity (Wildman–Crippen MR) is 261 cm³/mol. The first kappa shape index (κ1) is 59.5. The van der Waals surface area contributed by atoms with Gasteiger partial charge in [-0.1, -0.05) is 210 Å². The molecule has 0 heterocycles. The molecular weight excluding hydrogens is 780 g/mol. The molecule has 3 unspecified atom stereocenters. The lowest BCUT2D eigenvalue weighted by atomic mass is 10.0. The third kappa shape index (κ3) is 46.3. The molecular formula is C52H99N2O6P. The van der Waals surface area contributed by atoms with Crippen LogP contribution < -0.4 is 10.2 Å². The van der Waals surface area contributed by atoms with Crippen molar-refractivity contribution >= 4 is 13.7 Å². The molecule has 0 radical (unpaired) electrons. The molecule has 0 spiro atoms. The Kier molecular flexibility index (Phi) is 42.6. The van der Waals surface area contributed by atoms with Gasteiger partial charge in [-0.15, -0.1) is 0 Å². The van der Waals surface area contributed by atoms with Gasteiger partial charge in [0.25, 0.3) is 7.82 Å². The highest BCUT2D eigenvalue weighted by Crippen LogP contribution is 2.38. The molecule has 0 bridgehead atoms. The number of likely N-dealkylation sites (N-methyl/N-ethyl adjacent to an activating group) is 1. The first-order valence-electron chi connectivity index (χ1n) is 25.5. The third-order valence-corrected chi connectivity index (χ3v) is 12.2. The van der Waals surface area contributed by atoms with E-state index in [2.05, 4.69) is 55.6 Å². The van der Waals surface area contributed by atoms with E-state index in [1.54, 1.807) is 6.08 Å². The second-order valence-corrected chi connectivity index (χ2v) is 19.9. The van der Waals surface area contributed by atoms with Gasteiger partial charge in [0.2, 0.25) is 5.91 Å². The maximum Gasteiger partial charge on any atom is 0.268 e. The zero-order valence-corrected chi connectivity index (χ0v) is 41.5. The van der Waals surface area contributed by atoms with E-state index in [-0.39, 0.29) is 19.1 Å². The van der Waals surface area contributed by atoms with E-state index in [1.165, 1.54) is 141 Å². The van der Waals surface area contributed by atoms with Gasteiger partial charge in [-0.3, -0.25) is 9.36 Å². The summed E-state index contributed by atoms with van der Waals surface area (Å²) in [6.45, 7) is 4.62. The number of nitrogens with zero attached hydrogens (tertiary/aromatic N) is 1. The lowest BCUT2D eigenvalue weighted by Crippen LogP contribution is -2.45. The fraction of sp³-hybridized carbons (Fsp3) is 0.827. The maximum atomic E-state index is 12.9. The number of phosphoric ester groups is 1. The SMILES string of the molecule is CCCCC/C=C\C/C=C\C/C=C\CCCCCCCCC(=O)NC(COP(=O)([O-])OCC[N+](C)(C)C)C(O)/C=C/CCCCCCCCCCCCCCCCCCCC. The van der Waals surface area contributed by atoms with Gasteiger partial charge in [-0.05, 0) is 57.8 Å². The summed E-state index contributed by atoms with van der Waals surface area (Å²) in [5.74, 6) is -0.210. The van der Waals surface area contributed by atoms with Crippen LogP contribution in [0.25, 0.3) is 0 Å². The van der Waals surface area contributed by atoms with Crippen molar-refractivity contribution < 1.29 is 32.9 Å². The number of allylic oxidation sites excluding steroid dienone is 7. The normalized spacial score (nSPS) is 14.5. The molecule has 0 aliphatic heterocycles. The quantitative estimate of drug-likeness (QED) is 0.0273. The molecule has 8 nitrogen and oxygen atoms in total. The number of carbonyl (C=O) groups is 1. The second kappa shape index (κ2) is 43.7. The van der Waals surface area contributed by atoms with Gasteiger partial charge in [0.1, 0.15) is 13.2 Å². The first-order valence-corrected chi connectivity index (χ1v) is 27.0. The summed E-state index contributed by atoms with van der Waals surface area (Å²) >= 11 is 0. The van der Waals surface area contributed by atoms with Crippen LogP contribution in [0.1, 0.15) is 226 Å². The van der Waals surface area contributed by atoms with Crippen LogP contribution in [-0.2, 0) is 18.4 Å². The first-order chi connectivity index (χ1) is 29.5. The van der Waals surface area contributed by atoms with Crippen LogP contribution in [-0.4, -0.2) is 68.5 Å². The molecule has 0 aromatic carbocycles. The molecule has 9 heteroatoms. The number of aliphatic hydroxyl groups is 1. The second-order valence-electron chi connectivity index (χ2n) is 18.5. The predicted octanol–water partition coefficient (Wildman–Crippen LogP) is 14.2. The monoisotopic (exact) mass is 879 g/mol. The minimum absolute atomic E-state index is 0.00493. The van der Waals surface area contributed by atoms with E-state index in [4.69, 9.17) is 9.05 Å². The Morgan fingerprint density at radius 1 is 0.574 bits per heavy atom. The minimum Gasteiger partial charge on any atom is -0.756 e. The van der Waals surface area contributed by atoms with Gasteiger partial charge in [0, 0.05) is 6.42 Å². The topological polar surface area (TPSA) is 108 Å². The molecule has 0 saturated heterocycles.